The molecule has 2 nitrogen and oxygen atoms in total. The van der Waals surface area contributed by atoms with E-state index in [1.54, 1.807) is 6.07 Å². The largest absolute Gasteiger partial charge is 0.325 e. The molecule has 0 bridgehead atoms. The highest BCUT2D eigenvalue weighted by Crippen LogP contribution is 2.22. The lowest BCUT2D eigenvalue weighted by Gasteiger charge is -2.07. The van der Waals surface area contributed by atoms with Crippen molar-refractivity contribution in [2.24, 2.45) is 0 Å². The van der Waals surface area contributed by atoms with Gasteiger partial charge in [0, 0.05) is 15.0 Å². The second-order valence-corrected chi connectivity index (χ2v) is 6.11. The van der Waals surface area contributed by atoms with E-state index >= 15 is 0 Å². The van der Waals surface area contributed by atoms with Gasteiger partial charge >= 0.3 is 0 Å². The Morgan fingerprint density at radius 1 is 1.15 bits per heavy atom. The summed E-state index contributed by atoms with van der Waals surface area (Å²) < 4.78 is 0.950. The summed E-state index contributed by atoms with van der Waals surface area (Å²) in [7, 11) is 0. The Morgan fingerprint density at radius 2 is 1.90 bits per heavy atom. The third kappa shape index (κ3) is 4.80. The van der Waals surface area contributed by atoms with Crippen molar-refractivity contribution in [1.29, 1.82) is 0 Å². The first-order chi connectivity index (χ1) is 9.65. The number of nitrogens with one attached hydrogen (secondary N) is 1. The lowest BCUT2D eigenvalue weighted by molar-refractivity contribution is -0.116. The molecule has 0 saturated heterocycles. The fraction of sp³-hybridized carbons (Fsp3) is 0.188. The molecule has 2 aromatic carbocycles. The second-order valence-electron chi connectivity index (χ2n) is 4.51. The van der Waals surface area contributed by atoms with Gasteiger partial charge in [-0.1, -0.05) is 41.9 Å². The van der Waals surface area contributed by atoms with Gasteiger partial charge in [0.05, 0.1) is 5.69 Å². The molecule has 0 aliphatic carbocycles. The second kappa shape index (κ2) is 7.64. The molecular formula is C16H15ClINO. The SMILES string of the molecule is O=C(CCCc1ccccc1)Nc1ccc(Cl)cc1I. The van der Waals surface area contributed by atoms with Crippen molar-refractivity contribution in [2.45, 2.75) is 19.3 Å². The van der Waals surface area contributed by atoms with E-state index in [9.17, 15) is 4.79 Å². The van der Waals surface area contributed by atoms with Gasteiger partial charge in [-0.3, -0.25) is 4.79 Å². The van der Waals surface area contributed by atoms with Crippen molar-refractivity contribution in [3.63, 3.8) is 0 Å². The number of carbonyl (C=O) groups is 1. The standard InChI is InChI=1S/C16H15ClINO/c17-13-9-10-15(14(18)11-13)19-16(20)8-4-7-12-5-2-1-3-6-12/h1-3,5-6,9-11H,4,7-8H2,(H,19,20). The van der Waals surface area contributed by atoms with Gasteiger partial charge in [0.2, 0.25) is 5.91 Å². The first-order valence-corrected chi connectivity index (χ1v) is 7.89. The molecule has 1 amide bonds. The molecule has 0 spiro atoms. The van der Waals surface area contributed by atoms with Gasteiger partial charge in [0.15, 0.2) is 0 Å². The molecule has 0 radical (unpaired) electrons. The minimum absolute atomic E-state index is 0.0427. The van der Waals surface area contributed by atoms with Crippen LogP contribution in [0, 0.1) is 3.57 Å². The number of aryl methyl sites for hydroxylation is 1. The number of benzene rings is 2. The summed E-state index contributed by atoms with van der Waals surface area (Å²) in [6, 6.07) is 15.7. The van der Waals surface area contributed by atoms with Crippen LogP contribution in [0.4, 0.5) is 5.69 Å². The highest BCUT2D eigenvalue weighted by atomic mass is 127. The number of anilines is 1. The molecule has 0 aliphatic heterocycles. The highest BCUT2D eigenvalue weighted by molar-refractivity contribution is 14.1. The monoisotopic (exact) mass is 399 g/mol. The zero-order valence-electron chi connectivity index (χ0n) is 10.9. The lowest BCUT2D eigenvalue weighted by atomic mass is 10.1. The molecule has 0 unspecified atom stereocenters. The number of rotatable bonds is 5. The van der Waals surface area contributed by atoms with Gasteiger partial charge in [-0.2, -0.15) is 0 Å². The predicted molar refractivity (Wildman–Crippen MR) is 92.2 cm³/mol. The van der Waals surface area contributed by atoms with Gasteiger partial charge in [0.1, 0.15) is 0 Å². The van der Waals surface area contributed by atoms with Crippen molar-refractivity contribution in [2.75, 3.05) is 5.32 Å². The van der Waals surface area contributed by atoms with Crippen LogP contribution in [0.25, 0.3) is 0 Å². The van der Waals surface area contributed by atoms with Crippen LogP contribution in [0.15, 0.2) is 48.5 Å². The topological polar surface area (TPSA) is 29.1 Å². The number of carbonyl (C=O) groups excluding carboxylic acids is 1. The molecule has 0 fully saturated rings. The smallest absolute Gasteiger partial charge is 0.224 e. The van der Waals surface area contributed by atoms with Gasteiger partial charge in [-0.25, -0.2) is 0 Å². The normalized spacial score (nSPS) is 10.3. The first-order valence-electron chi connectivity index (χ1n) is 6.44. The third-order valence-electron chi connectivity index (χ3n) is 2.92. The van der Waals surface area contributed by atoms with Crippen molar-refractivity contribution in [3.8, 4) is 0 Å². The molecule has 4 heteroatoms. The van der Waals surface area contributed by atoms with Gasteiger partial charge in [-0.05, 0) is 59.2 Å². The maximum Gasteiger partial charge on any atom is 0.224 e. The van der Waals surface area contributed by atoms with Gasteiger partial charge in [-0.15, -0.1) is 0 Å². The van der Waals surface area contributed by atoms with Crippen LogP contribution >= 0.6 is 34.2 Å². The van der Waals surface area contributed by atoms with Crippen LogP contribution in [-0.2, 0) is 11.2 Å². The Bertz CT molecular complexity index is 586. The molecule has 0 heterocycles. The van der Waals surface area contributed by atoms with Crippen LogP contribution < -0.4 is 5.32 Å². The molecule has 0 aliphatic rings. The van der Waals surface area contributed by atoms with Crippen LogP contribution in [0.3, 0.4) is 0 Å². The number of hydrogen-bond donors (Lipinski definition) is 1. The molecule has 1 N–H and O–H groups in total. The minimum atomic E-state index is 0.0427. The summed E-state index contributed by atoms with van der Waals surface area (Å²) in [5, 5.41) is 3.60. The van der Waals surface area contributed by atoms with Crippen LogP contribution in [0.2, 0.25) is 5.02 Å². The van der Waals surface area contributed by atoms with Crippen LogP contribution in [0.5, 0.6) is 0 Å². The summed E-state index contributed by atoms with van der Waals surface area (Å²) >= 11 is 8.05. The molecule has 2 rings (SSSR count). The van der Waals surface area contributed by atoms with Crippen LogP contribution in [-0.4, -0.2) is 5.91 Å². The molecule has 0 saturated carbocycles. The van der Waals surface area contributed by atoms with Crippen LogP contribution in [0.1, 0.15) is 18.4 Å². The lowest BCUT2D eigenvalue weighted by Crippen LogP contribution is -2.12. The van der Waals surface area contributed by atoms with Crippen molar-refractivity contribution >= 4 is 45.8 Å². The Balaban J connectivity index is 1.81. The molecule has 0 atom stereocenters. The summed E-state index contributed by atoms with van der Waals surface area (Å²) in [6.45, 7) is 0. The first kappa shape index (κ1) is 15.3. The summed E-state index contributed by atoms with van der Waals surface area (Å²) in [6.07, 6.45) is 2.29. The molecular weight excluding hydrogens is 385 g/mol. The number of halogens is 2. The van der Waals surface area contributed by atoms with Gasteiger partial charge < -0.3 is 5.32 Å². The Hall–Kier alpha value is -1.07. The maximum absolute atomic E-state index is 11.9. The van der Waals surface area contributed by atoms with E-state index in [-0.39, 0.29) is 5.91 Å². The minimum Gasteiger partial charge on any atom is -0.325 e. The maximum atomic E-state index is 11.9. The quantitative estimate of drug-likeness (QED) is 0.712. The van der Waals surface area contributed by atoms with E-state index in [2.05, 4.69) is 40.0 Å². The molecule has 20 heavy (non-hydrogen) atoms. The summed E-state index contributed by atoms with van der Waals surface area (Å²) in [5.41, 5.74) is 2.08. The van der Waals surface area contributed by atoms with E-state index in [0.717, 1.165) is 22.1 Å². The van der Waals surface area contributed by atoms with Crippen molar-refractivity contribution in [3.05, 3.63) is 62.7 Å². The van der Waals surface area contributed by atoms with Crippen molar-refractivity contribution in [1.82, 2.24) is 0 Å². The van der Waals surface area contributed by atoms with Crippen molar-refractivity contribution < 1.29 is 4.79 Å². The van der Waals surface area contributed by atoms with E-state index in [0.29, 0.717) is 11.4 Å². The number of hydrogen-bond acceptors (Lipinski definition) is 1. The Morgan fingerprint density at radius 3 is 2.60 bits per heavy atom. The molecule has 0 aromatic heterocycles. The van der Waals surface area contributed by atoms with E-state index < -0.39 is 0 Å². The fourth-order valence-corrected chi connectivity index (χ4v) is 2.91. The molecule has 104 valence electrons. The predicted octanol–water partition coefficient (Wildman–Crippen LogP) is 4.91. The summed E-state index contributed by atoms with van der Waals surface area (Å²) in [5.74, 6) is 0.0427. The Kier molecular flexibility index (Phi) is 5.86. The number of amides is 1. The summed E-state index contributed by atoms with van der Waals surface area (Å²) in [4.78, 5) is 11.9. The third-order valence-corrected chi connectivity index (χ3v) is 4.04. The highest BCUT2D eigenvalue weighted by Gasteiger charge is 2.06. The van der Waals surface area contributed by atoms with E-state index in [1.165, 1.54) is 5.56 Å². The zero-order chi connectivity index (χ0) is 14.4. The molecule has 2 aromatic rings. The zero-order valence-corrected chi connectivity index (χ0v) is 13.8. The van der Waals surface area contributed by atoms with E-state index in [1.807, 2.05) is 30.3 Å². The Labute approximate surface area is 137 Å². The average Bonchev–Trinajstić information content (AvgIpc) is 2.43. The van der Waals surface area contributed by atoms with E-state index in [4.69, 9.17) is 11.6 Å². The average molecular weight is 400 g/mol. The fourth-order valence-electron chi connectivity index (χ4n) is 1.90. The van der Waals surface area contributed by atoms with Gasteiger partial charge in [0.25, 0.3) is 0 Å².